The van der Waals surface area contributed by atoms with Gasteiger partial charge in [-0.15, -0.1) is 0 Å². The van der Waals surface area contributed by atoms with Gasteiger partial charge in [0.25, 0.3) is 0 Å². The molecule has 0 heterocycles. The summed E-state index contributed by atoms with van der Waals surface area (Å²) in [6, 6.07) is 0. The van der Waals surface area contributed by atoms with E-state index < -0.39 is 0 Å². The molecular formula is C9H22N2. The highest BCUT2D eigenvalue weighted by atomic mass is 15.3. The van der Waals surface area contributed by atoms with Crippen molar-refractivity contribution < 1.29 is 0 Å². The van der Waals surface area contributed by atoms with Crippen LogP contribution in [0.3, 0.4) is 0 Å². The topological polar surface area (TPSA) is 24.4 Å². The molecule has 68 valence electrons. The third-order valence-electron chi connectivity index (χ3n) is 0.445. The van der Waals surface area contributed by atoms with E-state index in [1.807, 2.05) is 41.5 Å². The number of allylic oxidation sites excluding steroid dienone is 1. The average Bonchev–Trinajstić information content (AvgIpc) is 2.08. The Bertz CT molecular complexity index is 81.6. The fourth-order valence-corrected chi connectivity index (χ4v) is 0.175. The van der Waals surface area contributed by atoms with Crippen LogP contribution in [0.25, 0.3) is 0 Å². The summed E-state index contributed by atoms with van der Waals surface area (Å²) in [5.41, 5.74) is 3.79. The molecule has 0 bridgehead atoms. The largest absolute Gasteiger partial charge is 0.286 e. The van der Waals surface area contributed by atoms with E-state index in [1.165, 1.54) is 5.57 Å². The van der Waals surface area contributed by atoms with Gasteiger partial charge in [0.15, 0.2) is 0 Å². The van der Waals surface area contributed by atoms with E-state index in [0.717, 1.165) is 0 Å². The van der Waals surface area contributed by atoms with Crippen molar-refractivity contribution in [2.45, 2.75) is 41.5 Å². The Labute approximate surface area is 71.4 Å². The van der Waals surface area contributed by atoms with E-state index in [9.17, 15) is 0 Å². The first-order valence-electron chi connectivity index (χ1n) is 4.12. The minimum atomic E-state index is 1.19. The number of hydrogen-bond acceptors (Lipinski definition) is 2. The Hall–Kier alpha value is -0.790. The summed E-state index contributed by atoms with van der Waals surface area (Å²) >= 11 is 0. The van der Waals surface area contributed by atoms with Gasteiger partial charge in [0.2, 0.25) is 0 Å². The van der Waals surface area contributed by atoms with E-state index in [4.69, 9.17) is 0 Å². The van der Waals surface area contributed by atoms with Crippen LogP contribution < -0.4 is 5.43 Å². The summed E-state index contributed by atoms with van der Waals surface area (Å²) in [6.07, 6.45) is 1.78. The highest BCUT2D eigenvalue weighted by molar-refractivity contribution is 5.22. The van der Waals surface area contributed by atoms with Gasteiger partial charge < -0.3 is 0 Å². The van der Waals surface area contributed by atoms with Crippen molar-refractivity contribution in [2.24, 2.45) is 5.10 Å². The van der Waals surface area contributed by atoms with Crippen molar-refractivity contribution in [1.82, 2.24) is 5.43 Å². The van der Waals surface area contributed by atoms with E-state index in [2.05, 4.69) is 17.2 Å². The monoisotopic (exact) mass is 158 g/mol. The van der Waals surface area contributed by atoms with Crippen molar-refractivity contribution >= 4 is 6.72 Å². The fraction of sp³-hybridized carbons (Fsp3) is 0.667. The maximum atomic E-state index is 3.40. The third-order valence-corrected chi connectivity index (χ3v) is 0.445. The minimum Gasteiger partial charge on any atom is -0.286 e. The predicted octanol–water partition coefficient (Wildman–Crippen LogP) is 3.17. The quantitative estimate of drug-likeness (QED) is 0.484. The molecule has 0 fully saturated rings. The fourth-order valence-electron chi connectivity index (χ4n) is 0.175. The molecule has 0 saturated carbocycles. The van der Waals surface area contributed by atoms with Gasteiger partial charge in [-0.25, -0.2) is 0 Å². The minimum absolute atomic E-state index is 1.19. The average molecular weight is 158 g/mol. The SMILES string of the molecule is C=NNC=C(C)C.CC.CC. The summed E-state index contributed by atoms with van der Waals surface area (Å²) < 4.78 is 0. The van der Waals surface area contributed by atoms with Gasteiger partial charge in [-0.1, -0.05) is 33.3 Å². The molecule has 2 heteroatoms. The summed E-state index contributed by atoms with van der Waals surface area (Å²) in [5, 5.41) is 3.40. The van der Waals surface area contributed by atoms with E-state index >= 15 is 0 Å². The zero-order valence-electron chi connectivity index (χ0n) is 8.73. The van der Waals surface area contributed by atoms with Gasteiger partial charge in [0.05, 0.1) is 0 Å². The third kappa shape index (κ3) is 46.5. The van der Waals surface area contributed by atoms with Crippen LogP contribution in [0.4, 0.5) is 0 Å². The number of hydrogen-bond donors (Lipinski definition) is 1. The Morgan fingerprint density at radius 2 is 1.55 bits per heavy atom. The molecule has 2 nitrogen and oxygen atoms in total. The van der Waals surface area contributed by atoms with Crippen molar-refractivity contribution in [2.75, 3.05) is 0 Å². The van der Waals surface area contributed by atoms with Crippen LogP contribution in [-0.2, 0) is 0 Å². The van der Waals surface area contributed by atoms with Gasteiger partial charge in [0.1, 0.15) is 0 Å². The number of hydrazone groups is 1. The molecule has 0 rings (SSSR count). The molecule has 0 aromatic carbocycles. The molecule has 0 aromatic heterocycles. The second-order valence-electron chi connectivity index (χ2n) is 1.51. The molecule has 0 unspecified atom stereocenters. The number of nitrogens with one attached hydrogen (secondary N) is 1. The van der Waals surface area contributed by atoms with Gasteiger partial charge >= 0.3 is 0 Å². The smallest absolute Gasteiger partial charge is 0.0186 e. The maximum absolute atomic E-state index is 3.40. The first kappa shape index (κ1) is 16.7. The summed E-state index contributed by atoms with van der Waals surface area (Å²) in [7, 11) is 0. The second-order valence-corrected chi connectivity index (χ2v) is 1.51. The van der Waals surface area contributed by atoms with Crippen LogP contribution in [0, 0.1) is 0 Å². The van der Waals surface area contributed by atoms with Crippen LogP contribution >= 0.6 is 0 Å². The van der Waals surface area contributed by atoms with Gasteiger partial charge in [-0.3, -0.25) is 5.43 Å². The lowest BCUT2D eigenvalue weighted by Crippen LogP contribution is -1.90. The van der Waals surface area contributed by atoms with Gasteiger partial charge in [0, 0.05) is 12.9 Å². The Morgan fingerprint density at radius 3 is 1.64 bits per heavy atom. The summed E-state index contributed by atoms with van der Waals surface area (Å²) in [4.78, 5) is 0. The molecule has 0 aliphatic carbocycles. The van der Waals surface area contributed by atoms with Crippen LogP contribution in [0.15, 0.2) is 16.9 Å². The lowest BCUT2D eigenvalue weighted by atomic mass is 10.4. The lowest BCUT2D eigenvalue weighted by molar-refractivity contribution is 0.963. The molecule has 0 aliphatic rings. The van der Waals surface area contributed by atoms with Crippen LogP contribution in [0.5, 0.6) is 0 Å². The number of rotatable bonds is 2. The molecule has 11 heavy (non-hydrogen) atoms. The highest BCUT2D eigenvalue weighted by Crippen LogP contribution is 1.81. The molecule has 1 N–H and O–H groups in total. The Balaban J connectivity index is -0.000000138. The molecular weight excluding hydrogens is 136 g/mol. The molecule has 0 amide bonds. The maximum Gasteiger partial charge on any atom is 0.0186 e. The molecule has 0 aliphatic heterocycles. The highest BCUT2D eigenvalue weighted by Gasteiger charge is 1.67. The van der Waals surface area contributed by atoms with Crippen molar-refractivity contribution in [1.29, 1.82) is 0 Å². The first-order chi connectivity index (χ1) is 5.27. The summed E-state index contributed by atoms with van der Waals surface area (Å²) in [5.74, 6) is 0. The molecule has 0 aromatic rings. The zero-order valence-corrected chi connectivity index (χ0v) is 8.73. The predicted molar refractivity (Wildman–Crippen MR) is 54.8 cm³/mol. The lowest BCUT2D eigenvalue weighted by Gasteiger charge is -1.86. The van der Waals surface area contributed by atoms with Gasteiger partial charge in [-0.2, -0.15) is 5.10 Å². The Kier molecular flexibility index (Phi) is 34.6. The van der Waals surface area contributed by atoms with Crippen molar-refractivity contribution in [3.05, 3.63) is 11.8 Å². The van der Waals surface area contributed by atoms with Crippen LogP contribution in [0.1, 0.15) is 41.5 Å². The zero-order chi connectivity index (χ0) is 9.70. The second kappa shape index (κ2) is 22.9. The van der Waals surface area contributed by atoms with E-state index in [1.54, 1.807) is 6.20 Å². The molecule has 0 saturated heterocycles. The number of nitrogens with zero attached hydrogens (tertiary/aromatic N) is 1. The van der Waals surface area contributed by atoms with Crippen molar-refractivity contribution in [3.63, 3.8) is 0 Å². The van der Waals surface area contributed by atoms with E-state index in [-0.39, 0.29) is 0 Å². The normalized spacial score (nSPS) is 5.64. The summed E-state index contributed by atoms with van der Waals surface area (Å²) in [6.45, 7) is 15.2. The van der Waals surface area contributed by atoms with E-state index in [0.29, 0.717) is 0 Å². The Morgan fingerprint density at radius 1 is 1.18 bits per heavy atom. The van der Waals surface area contributed by atoms with Crippen molar-refractivity contribution in [3.8, 4) is 0 Å². The van der Waals surface area contributed by atoms with Crippen LogP contribution in [-0.4, -0.2) is 6.72 Å². The molecule has 0 atom stereocenters. The molecule has 0 spiro atoms. The molecule has 0 radical (unpaired) electrons. The van der Waals surface area contributed by atoms with Gasteiger partial charge in [-0.05, 0) is 13.8 Å². The standard InChI is InChI=1S/C5H10N2.2C2H6/c1-5(2)4-7-6-3;2*1-2/h4,7H,3H2,1-2H3;2*1-2H3. The van der Waals surface area contributed by atoms with Crippen LogP contribution in [0.2, 0.25) is 0 Å². The first-order valence-corrected chi connectivity index (χ1v) is 4.12.